The molecule has 84 valence electrons. The van der Waals surface area contributed by atoms with Gasteiger partial charge in [0.1, 0.15) is 0 Å². The third-order valence-corrected chi connectivity index (χ3v) is 1.80. The Balaban J connectivity index is 3.00. The van der Waals surface area contributed by atoms with Gasteiger partial charge in [-0.3, -0.25) is 9.48 Å². The Morgan fingerprint density at radius 1 is 1.62 bits per heavy atom. The van der Waals surface area contributed by atoms with Crippen molar-refractivity contribution in [2.45, 2.75) is 6.42 Å². The third-order valence-electron chi connectivity index (χ3n) is 1.80. The number of ether oxygens (including phenoxy) is 1. The molecule has 0 aromatic carbocycles. The molecular weight excluding hydrogens is 210 g/mol. The molecular formula is C10H11N3O3. The van der Waals surface area contributed by atoms with E-state index in [1.165, 1.54) is 18.0 Å². The molecule has 0 saturated carbocycles. The summed E-state index contributed by atoms with van der Waals surface area (Å²) in [7, 11) is 2.88. The van der Waals surface area contributed by atoms with Gasteiger partial charge in [-0.05, 0) is 0 Å². The van der Waals surface area contributed by atoms with Crippen molar-refractivity contribution in [1.82, 2.24) is 9.78 Å². The Hall–Kier alpha value is -2.29. The van der Waals surface area contributed by atoms with Gasteiger partial charge in [0.25, 0.3) is 0 Å². The zero-order valence-electron chi connectivity index (χ0n) is 8.98. The molecule has 1 rings (SSSR count). The molecule has 16 heavy (non-hydrogen) atoms. The molecule has 0 spiro atoms. The van der Waals surface area contributed by atoms with Gasteiger partial charge in [-0.1, -0.05) is 11.8 Å². The van der Waals surface area contributed by atoms with E-state index in [0.29, 0.717) is 5.56 Å². The summed E-state index contributed by atoms with van der Waals surface area (Å²) in [6.45, 7) is 0. The molecule has 6 nitrogen and oxygen atoms in total. The van der Waals surface area contributed by atoms with Crippen LogP contribution in [0.3, 0.4) is 0 Å². The van der Waals surface area contributed by atoms with Crippen molar-refractivity contribution in [3.63, 3.8) is 0 Å². The summed E-state index contributed by atoms with van der Waals surface area (Å²) < 4.78 is 5.95. The summed E-state index contributed by atoms with van der Waals surface area (Å²) in [4.78, 5) is 21.8. The molecule has 0 radical (unpaired) electrons. The van der Waals surface area contributed by atoms with E-state index < -0.39 is 11.9 Å². The fourth-order valence-electron chi connectivity index (χ4n) is 1.09. The number of aromatic nitrogens is 2. The molecule has 6 heteroatoms. The number of rotatable bonds is 2. The Morgan fingerprint density at radius 3 is 2.88 bits per heavy atom. The molecule has 0 atom stereocenters. The number of aryl methyl sites for hydroxylation is 1. The van der Waals surface area contributed by atoms with Crippen LogP contribution >= 0.6 is 0 Å². The molecule has 0 aliphatic rings. The van der Waals surface area contributed by atoms with Crippen LogP contribution in [0.15, 0.2) is 6.20 Å². The van der Waals surface area contributed by atoms with Crippen molar-refractivity contribution in [2.24, 2.45) is 12.8 Å². The highest BCUT2D eigenvalue weighted by molar-refractivity contribution is 5.90. The number of hydrogen-bond donors (Lipinski definition) is 1. The number of hydrogen-bond acceptors (Lipinski definition) is 4. The van der Waals surface area contributed by atoms with E-state index in [-0.39, 0.29) is 12.1 Å². The van der Waals surface area contributed by atoms with E-state index in [1.54, 1.807) is 7.05 Å². The molecule has 1 aromatic rings. The molecule has 1 aromatic heterocycles. The predicted molar refractivity (Wildman–Crippen MR) is 55.2 cm³/mol. The number of carbonyl (C=O) groups is 2. The lowest BCUT2D eigenvalue weighted by Gasteiger charge is -1.99. The average Bonchev–Trinajstić information content (AvgIpc) is 2.58. The molecule has 1 heterocycles. The summed E-state index contributed by atoms with van der Waals surface area (Å²) in [5.41, 5.74) is 5.59. The van der Waals surface area contributed by atoms with Crippen LogP contribution in [0.25, 0.3) is 0 Å². The van der Waals surface area contributed by atoms with E-state index in [9.17, 15) is 9.59 Å². The minimum Gasteiger partial charge on any atom is -0.464 e. The van der Waals surface area contributed by atoms with Gasteiger partial charge in [-0.2, -0.15) is 5.10 Å². The summed E-state index contributed by atoms with van der Waals surface area (Å²) in [6.07, 6.45) is 1.37. The van der Waals surface area contributed by atoms with E-state index >= 15 is 0 Å². The second kappa shape index (κ2) is 4.98. The summed E-state index contributed by atoms with van der Waals surface area (Å²) >= 11 is 0. The van der Waals surface area contributed by atoms with Crippen LogP contribution in [0.5, 0.6) is 0 Å². The lowest BCUT2D eigenvalue weighted by molar-refractivity contribution is -0.117. The highest BCUT2D eigenvalue weighted by atomic mass is 16.5. The van der Waals surface area contributed by atoms with Crippen LogP contribution in [0.4, 0.5) is 0 Å². The first-order chi connectivity index (χ1) is 7.56. The fraction of sp³-hybridized carbons (Fsp3) is 0.300. The fourth-order valence-corrected chi connectivity index (χ4v) is 1.09. The molecule has 0 bridgehead atoms. The molecule has 0 aliphatic heterocycles. The van der Waals surface area contributed by atoms with Crippen molar-refractivity contribution in [3.8, 4) is 11.8 Å². The summed E-state index contributed by atoms with van der Waals surface area (Å²) in [6, 6.07) is 0. The van der Waals surface area contributed by atoms with Crippen LogP contribution in [-0.2, 0) is 16.6 Å². The molecule has 0 fully saturated rings. The smallest absolute Gasteiger partial charge is 0.357 e. The minimum atomic E-state index is -0.525. The largest absolute Gasteiger partial charge is 0.464 e. The molecule has 2 N–H and O–H groups in total. The van der Waals surface area contributed by atoms with Crippen molar-refractivity contribution in [1.29, 1.82) is 0 Å². The van der Waals surface area contributed by atoms with Gasteiger partial charge in [0.2, 0.25) is 5.91 Å². The number of esters is 1. The Bertz CT molecular complexity index is 479. The van der Waals surface area contributed by atoms with E-state index in [0.717, 1.165) is 0 Å². The van der Waals surface area contributed by atoms with Crippen LogP contribution in [-0.4, -0.2) is 28.8 Å². The van der Waals surface area contributed by atoms with Crippen LogP contribution in [0.2, 0.25) is 0 Å². The van der Waals surface area contributed by atoms with Crippen LogP contribution in [0.1, 0.15) is 22.5 Å². The lowest BCUT2D eigenvalue weighted by Crippen LogP contribution is -2.10. The zero-order chi connectivity index (χ0) is 12.1. The Kier molecular flexibility index (Phi) is 3.67. The second-order valence-electron chi connectivity index (χ2n) is 2.97. The maximum Gasteiger partial charge on any atom is 0.357 e. The van der Waals surface area contributed by atoms with Crippen molar-refractivity contribution >= 4 is 11.9 Å². The minimum absolute atomic E-state index is 0.0600. The van der Waals surface area contributed by atoms with E-state index in [1.807, 2.05) is 0 Å². The van der Waals surface area contributed by atoms with Gasteiger partial charge in [0.05, 0.1) is 25.3 Å². The molecule has 1 amide bonds. The summed E-state index contributed by atoms with van der Waals surface area (Å²) in [5, 5.41) is 3.88. The molecule has 0 saturated heterocycles. The van der Waals surface area contributed by atoms with Gasteiger partial charge in [0, 0.05) is 7.05 Å². The van der Waals surface area contributed by atoms with Gasteiger partial charge in [-0.25, -0.2) is 4.79 Å². The van der Waals surface area contributed by atoms with Crippen molar-refractivity contribution in [3.05, 3.63) is 17.5 Å². The van der Waals surface area contributed by atoms with E-state index in [2.05, 4.69) is 21.7 Å². The number of carbonyl (C=O) groups excluding carboxylic acids is 2. The van der Waals surface area contributed by atoms with Gasteiger partial charge in [0.15, 0.2) is 5.69 Å². The predicted octanol–water partition coefficient (Wildman–Crippen LogP) is -0.566. The molecule has 0 aliphatic carbocycles. The first-order valence-electron chi connectivity index (χ1n) is 4.43. The maximum absolute atomic E-state index is 11.4. The maximum atomic E-state index is 11.4. The third kappa shape index (κ3) is 2.60. The summed E-state index contributed by atoms with van der Waals surface area (Å²) in [5.74, 6) is 4.15. The SMILES string of the molecule is COC(=O)c1c(C#CCC(N)=O)cnn1C. The monoisotopic (exact) mass is 221 g/mol. The Labute approximate surface area is 92.4 Å². The van der Waals surface area contributed by atoms with Gasteiger partial charge >= 0.3 is 5.97 Å². The Morgan fingerprint density at radius 2 is 2.31 bits per heavy atom. The number of nitrogens with two attached hydrogens (primary N) is 1. The van der Waals surface area contributed by atoms with Gasteiger partial charge < -0.3 is 10.5 Å². The second-order valence-corrected chi connectivity index (χ2v) is 2.97. The molecule has 0 unspecified atom stereocenters. The van der Waals surface area contributed by atoms with Crippen LogP contribution in [0, 0.1) is 11.8 Å². The first kappa shape index (κ1) is 11.8. The number of primary amides is 1. The quantitative estimate of drug-likeness (QED) is 0.535. The van der Waals surface area contributed by atoms with E-state index in [4.69, 9.17) is 5.73 Å². The van der Waals surface area contributed by atoms with Crippen LogP contribution < -0.4 is 5.73 Å². The standard InChI is InChI=1S/C10H11N3O3/c1-13-9(10(15)16-2)7(6-12-13)4-3-5-8(11)14/h6H,5H2,1-2H3,(H2,11,14). The number of methoxy groups -OCH3 is 1. The lowest BCUT2D eigenvalue weighted by atomic mass is 10.2. The zero-order valence-corrected chi connectivity index (χ0v) is 8.98. The van der Waals surface area contributed by atoms with Crippen molar-refractivity contribution in [2.75, 3.05) is 7.11 Å². The first-order valence-corrected chi connectivity index (χ1v) is 4.43. The van der Waals surface area contributed by atoms with Crippen molar-refractivity contribution < 1.29 is 14.3 Å². The number of nitrogens with zero attached hydrogens (tertiary/aromatic N) is 2. The number of amides is 1. The highest BCUT2D eigenvalue weighted by Crippen LogP contribution is 2.07. The average molecular weight is 221 g/mol. The normalized spacial score (nSPS) is 9.12. The highest BCUT2D eigenvalue weighted by Gasteiger charge is 2.15. The van der Waals surface area contributed by atoms with Gasteiger partial charge in [-0.15, -0.1) is 0 Å². The topological polar surface area (TPSA) is 87.2 Å².